The summed E-state index contributed by atoms with van der Waals surface area (Å²) >= 11 is 6.00. The Morgan fingerprint density at radius 2 is 1.48 bits per heavy atom. The first kappa shape index (κ1) is 19.2. The van der Waals surface area contributed by atoms with E-state index in [1.165, 1.54) is 0 Å². The van der Waals surface area contributed by atoms with Crippen molar-refractivity contribution in [3.63, 3.8) is 0 Å². The van der Waals surface area contributed by atoms with Gasteiger partial charge in [-0.3, -0.25) is 5.21 Å². The zero-order valence-corrected chi connectivity index (χ0v) is 16.8. The Bertz CT molecular complexity index is 1090. The molecule has 4 rings (SSSR count). The summed E-state index contributed by atoms with van der Waals surface area (Å²) in [6.45, 7) is 3.67. The maximum atomic E-state index is 11.2. The van der Waals surface area contributed by atoms with Crippen LogP contribution in [0.25, 0.3) is 0 Å². The van der Waals surface area contributed by atoms with Gasteiger partial charge in [0.2, 0.25) is 0 Å². The largest absolute Gasteiger partial charge is 0.507 e. The molecule has 0 radical (unpaired) electrons. The molecule has 0 aromatic heterocycles. The number of halogens is 1. The SMILES string of the molecule is Cc1cc(C2C(c3ccccc3)=NN=C(c3ccc(Cl)cc3)N2O)cc(C)c1O. The van der Waals surface area contributed by atoms with E-state index in [0.29, 0.717) is 22.1 Å². The minimum atomic E-state index is -0.585. The van der Waals surface area contributed by atoms with Gasteiger partial charge in [-0.05, 0) is 66.9 Å². The molecule has 146 valence electrons. The molecule has 3 aromatic rings. The topological polar surface area (TPSA) is 68.4 Å². The van der Waals surface area contributed by atoms with Crippen LogP contribution in [0.3, 0.4) is 0 Å². The van der Waals surface area contributed by atoms with E-state index >= 15 is 0 Å². The van der Waals surface area contributed by atoms with Crippen molar-refractivity contribution in [1.29, 1.82) is 0 Å². The van der Waals surface area contributed by atoms with E-state index in [1.54, 1.807) is 24.3 Å². The van der Waals surface area contributed by atoms with E-state index in [4.69, 9.17) is 11.6 Å². The summed E-state index contributed by atoms with van der Waals surface area (Å²) in [5.41, 5.74) is 4.45. The lowest BCUT2D eigenvalue weighted by Crippen LogP contribution is -2.39. The van der Waals surface area contributed by atoms with Gasteiger partial charge in [0, 0.05) is 16.1 Å². The van der Waals surface area contributed by atoms with Crippen molar-refractivity contribution in [2.24, 2.45) is 10.2 Å². The minimum absolute atomic E-state index is 0.249. The highest BCUT2D eigenvalue weighted by Crippen LogP contribution is 2.33. The molecule has 1 unspecified atom stereocenters. The van der Waals surface area contributed by atoms with E-state index < -0.39 is 6.04 Å². The third-order valence-corrected chi connectivity index (χ3v) is 5.23. The van der Waals surface area contributed by atoms with Crippen LogP contribution < -0.4 is 0 Å². The average molecular weight is 406 g/mol. The molecule has 0 amide bonds. The summed E-state index contributed by atoms with van der Waals surface area (Å²) in [5.74, 6) is 0.577. The monoisotopic (exact) mass is 405 g/mol. The molecule has 0 saturated heterocycles. The van der Waals surface area contributed by atoms with Crippen LogP contribution >= 0.6 is 11.6 Å². The maximum absolute atomic E-state index is 11.2. The minimum Gasteiger partial charge on any atom is -0.507 e. The maximum Gasteiger partial charge on any atom is 0.182 e. The molecule has 1 aliphatic heterocycles. The molecule has 0 fully saturated rings. The average Bonchev–Trinajstić information content (AvgIpc) is 2.73. The van der Waals surface area contributed by atoms with Crippen LogP contribution in [0.15, 0.2) is 76.9 Å². The Hall–Kier alpha value is -3.15. The van der Waals surface area contributed by atoms with Crippen LogP contribution in [-0.4, -0.2) is 26.9 Å². The third kappa shape index (κ3) is 3.62. The predicted octanol–water partition coefficient (Wildman–Crippen LogP) is 5.26. The number of benzene rings is 3. The number of aromatic hydroxyl groups is 1. The molecule has 2 N–H and O–H groups in total. The van der Waals surface area contributed by atoms with Gasteiger partial charge < -0.3 is 5.11 Å². The zero-order chi connectivity index (χ0) is 20.5. The fourth-order valence-electron chi connectivity index (χ4n) is 3.50. The predicted molar refractivity (Wildman–Crippen MR) is 115 cm³/mol. The van der Waals surface area contributed by atoms with Crippen molar-refractivity contribution in [2.75, 3.05) is 0 Å². The molecule has 1 heterocycles. The first-order chi connectivity index (χ1) is 14.0. The van der Waals surface area contributed by atoms with Gasteiger partial charge in [-0.1, -0.05) is 41.9 Å². The van der Waals surface area contributed by atoms with E-state index in [0.717, 1.165) is 27.3 Å². The number of aryl methyl sites for hydroxylation is 2. The van der Waals surface area contributed by atoms with Crippen molar-refractivity contribution < 1.29 is 10.3 Å². The molecule has 6 heteroatoms. The summed E-state index contributed by atoms with van der Waals surface area (Å²) < 4.78 is 0. The Kier molecular flexibility index (Phi) is 5.09. The molecule has 0 bridgehead atoms. The van der Waals surface area contributed by atoms with Gasteiger partial charge in [0.1, 0.15) is 11.8 Å². The number of hydrogen-bond acceptors (Lipinski definition) is 5. The highest BCUT2D eigenvalue weighted by molar-refractivity contribution is 6.30. The normalized spacial score (nSPS) is 16.4. The van der Waals surface area contributed by atoms with Crippen molar-refractivity contribution in [3.05, 3.63) is 99.6 Å². The smallest absolute Gasteiger partial charge is 0.182 e. The van der Waals surface area contributed by atoms with E-state index in [9.17, 15) is 10.3 Å². The van der Waals surface area contributed by atoms with Gasteiger partial charge >= 0.3 is 0 Å². The van der Waals surface area contributed by atoms with Crippen LogP contribution in [0.2, 0.25) is 5.02 Å². The summed E-state index contributed by atoms with van der Waals surface area (Å²) in [5, 5.41) is 31.9. The molecule has 29 heavy (non-hydrogen) atoms. The van der Waals surface area contributed by atoms with Crippen molar-refractivity contribution >= 4 is 23.1 Å². The molecule has 0 aliphatic carbocycles. The fraction of sp³-hybridized carbons (Fsp3) is 0.130. The van der Waals surface area contributed by atoms with Crippen LogP contribution in [0.4, 0.5) is 0 Å². The molecular formula is C23H20ClN3O2. The summed E-state index contributed by atoms with van der Waals surface area (Å²) in [6, 6.07) is 19.8. The second kappa shape index (κ2) is 7.70. The summed E-state index contributed by atoms with van der Waals surface area (Å²) in [4.78, 5) is 0. The molecule has 1 aliphatic rings. The molecule has 1 atom stereocenters. The number of nitrogens with zero attached hydrogens (tertiary/aromatic N) is 3. The van der Waals surface area contributed by atoms with Crippen molar-refractivity contribution in [1.82, 2.24) is 5.06 Å². The summed E-state index contributed by atoms with van der Waals surface area (Å²) in [6.07, 6.45) is 0. The number of hydrogen-bond donors (Lipinski definition) is 2. The van der Waals surface area contributed by atoms with Gasteiger partial charge in [-0.2, -0.15) is 5.10 Å². The van der Waals surface area contributed by atoms with Gasteiger partial charge in [0.15, 0.2) is 5.84 Å². The fourth-order valence-corrected chi connectivity index (χ4v) is 3.63. The lowest BCUT2D eigenvalue weighted by atomic mass is 9.92. The van der Waals surface area contributed by atoms with Gasteiger partial charge in [0.05, 0.1) is 5.71 Å². The third-order valence-electron chi connectivity index (χ3n) is 4.97. The van der Waals surface area contributed by atoms with E-state index in [2.05, 4.69) is 10.2 Å². The number of phenolic OH excluding ortho intramolecular Hbond substituents is 1. The highest BCUT2D eigenvalue weighted by atomic mass is 35.5. The molecule has 0 spiro atoms. The quantitative estimate of drug-likeness (QED) is 0.624. The van der Waals surface area contributed by atoms with E-state index in [-0.39, 0.29) is 5.75 Å². The first-order valence-corrected chi connectivity index (χ1v) is 9.58. The van der Waals surface area contributed by atoms with Crippen molar-refractivity contribution in [2.45, 2.75) is 19.9 Å². The lowest BCUT2D eigenvalue weighted by Gasteiger charge is -2.32. The first-order valence-electron chi connectivity index (χ1n) is 9.21. The molecule has 3 aromatic carbocycles. The van der Waals surface area contributed by atoms with Crippen molar-refractivity contribution in [3.8, 4) is 5.75 Å². The van der Waals surface area contributed by atoms with Crippen LogP contribution in [0.1, 0.15) is 33.9 Å². The Morgan fingerprint density at radius 1 is 0.862 bits per heavy atom. The number of hydroxylamine groups is 2. The Morgan fingerprint density at radius 3 is 2.10 bits per heavy atom. The van der Waals surface area contributed by atoms with Gasteiger partial charge in [-0.25, -0.2) is 5.06 Å². The summed E-state index contributed by atoms with van der Waals surface area (Å²) in [7, 11) is 0. The number of amidine groups is 1. The Balaban J connectivity index is 1.87. The standard InChI is InChI=1S/C23H20ClN3O2/c1-14-12-18(13-15(2)22(14)28)21-20(16-6-4-3-5-7-16)25-26-23(27(21)29)17-8-10-19(24)11-9-17/h3-13,21,28-29H,1-2H3. The zero-order valence-electron chi connectivity index (χ0n) is 16.0. The van der Waals surface area contributed by atoms with Gasteiger partial charge in [0.25, 0.3) is 0 Å². The molecular weight excluding hydrogens is 386 g/mol. The van der Waals surface area contributed by atoms with Crippen LogP contribution in [-0.2, 0) is 0 Å². The van der Waals surface area contributed by atoms with Crippen LogP contribution in [0, 0.1) is 13.8 Å². The second-order valence-electron chi connectivity index (χ2n) is 7.03. The van der Waals surface area contributed by atoms with Crippen LogP contribution in [0.5, 0.6) is 5.75 Å². The lowest BCUT2D eigenvalue weighted by molar-refractivity contribution is -0.0347. The molecule has 5 nitrogen and oxygen atoms in total. The van der Waals surface area contributed by atoms with Gasteiger partial charge in [-0.15, -0.1) is 5.10 Å². The number of rotatable bonds is 3. The second-order valence-corrected chi connectivity index (χ2v) is 7.47. The Labute approximate surface area is 174 Å². The number of phenols is 1. The van der Waals surface area contributed by atoms with E-state index in [1.807, 2.05) is 56.3 Å². The highest BCUT2D eigenvalue weighted by Gasteiger charge is 2.33. The molecule has 0 saturated carbocycles.